The number of aryl methyl sites for hydroxylation is 1. The van der Waals surface area contributed by atoms with Crippen molar-refractivity contribution in [3.8, 4) is 11.4 Å². The van der Waals surface area contributed by atoms with Crippen LogP contribution in [0.3, 0.4) is 0 Å². The van der Waals surface area contributed by atoms with Gasteiger partial charge in [-0.3, -0.25) is 9.69 Å². The van der Waals surface area contributed by atoms with E-state index in [0.29, 0.717) is 41.4 Å². The van der Waals surface area contributed by atoms with E-state index >= 15 is 0 Å². The normalized spacial score (nSPS) is 16.5. The quantitative estimate of drug-likeness (QED) is 0.371. The van der Waals surface area contributed by atoms with Gasteiger partial charge >= 0.3 is 0 Å². The lowest BCUT2D eigenvalue weighted by atomic mass is 9.97. The summed E-state index contributed by atoms with van der Waals surface area (Å²) in [6.07, 6.45) is 1.87. The summed E-state index contributed by atoms with van der Waals surface area (Å²) in [5.41, 5.74) is 3.21. The van der Waals surface area contributed by atoms with Gasteiger partial charge in [0.1, 0.15) is 0 Å². The van der Waals surface area contributed by atoms with E-state index in [1.54, 1.807) is 11.8 Å². The molecule has 34 heavy (non-hydrogen) atoms. The number of amides is 1. The van der Waals surface area contributed by atoms with Crippen molar-refractivity contribution in [1.29, 1.82) is 0 Å². The first kappa shape index (κ1) is 25.0. The zero-order valence-electron chi connectivity index (χ0n) is 19.1. The van der Waals surface area contributed by atoms with Gasteiger partial charge in [0.2, 0.25) is 17.6 Å². The first-order valence-corrected chi connectivity index (χ1v) is 13.3. The third-order valence-corrected chi connectivity index (χ3v) is 7.66. The van der Waals surface area contributed by atoms with E-state index in [1.165, 1.54) is 0 Å². The molecule has 2 heterocycles. The minimum absolute atomic E-state index is 0.0208. The number of rotatable bonds is 9. The number of hydrogen-bond donors (Lipinski definition) is 1. The third kappa shape index (κ3) is 6.75. The van der Waals surface area contributed by atoms with Crippen LogP contribution in [0.4, 0.5) is 0 Å². The molecule has 1 fully saturated rings. The van der Waals surface area contributed by atoms with Crippen molar-refractivity contribution >= 4 is 40.9 Å². The fraction of sp³-hybridized carbons (Fsp3) is 0.400. The van der Waals surface area contributed by atoms with Crippen LogP contribution in [0.25, 0.3) is 11.4 Å². The highest BCUT2D eigenvalue weighted by atomic mass is 35.5. The van der Waals surface area contributed by atoms with Gasteiger partial charge in [-0.1, -0.05) is 58.7 Å². The van der Waals surface area contributed by atoms with Crippen molar-refractivity contribution < 1.29 is 9.32 Å². The smallest absolute Gasteiger partial charge is 0.241 e. The average molecular weight is 519 g/mol. The zero-order chi connectivity index (χ0) is 23.9. The summed E-state index contributed by atoms with van der Waals surface area (Å²) in [7, 11) is 0. The second kappa shape index (κ2) is 12.1. The molecule has 0 spiro atoms. The molecule has 1 amide bonds. The maximum absolute atomic E-state index is 12.7. The van der Waals surface area contributed by atoms with Crippen molar-refractivity contribution in [1.82, 2.24) is 20.4 Å². The van der Waals surface area contributed by atoms with E-state index < -0.39 is 0 Å². The Kier molecular flexibility index (Phi) is 8.89. The molecule has 3 aromatic rings. The van der Waals surface area contributed by atoms with Gasteiger partial charge in [0.25, 0.3) is 0 Å². The predicted molar refractivity (Wildman–Crippen MR) is 138 cm³/mol. The Balaban J connectivity index is 1.20. The zero-order valence-corrected chi connectivity index (χ0v) is 21.4. The lowest BCUT2D eigenvalue weighted by Crippen LogP contribution is -2.43. The molecule has 1 unspecified atom stereocenters. The number of carbonyl (C=O) groups excluding carboxylic acids is 1. The van der Waals surface area contributed by atoms with E-state index in [0.717, 1.165) is 47.6 Å². The van der Waals surface area contributed by atoms with Crippen LogP contribution < -0.4 is 5.32 Å². The molecule has 1 aromatic heterocycles. The summed E-state index contributed by atoms with van der Waals surface area (Å²) in [5, 5.41) is 8.37. The van der Waals surface area contributed by atoms with E-state index in [1.807, 2.05) is 49.4 Å². The molecule has 1 aliphatic heterocycles. The number of likely N-dealkylation sites (tertiary alicyclic amines) is 1. The molecule has 1 saturated heterocycles. The predicted octanol–water partition coefficient (Wildman–Crippen LogP) is 5.61. The van der Waals surface area contributed by atoms with Gasteiger partial charge in [-0.2, -0.15) is 16.7 Å². The number of halogens is 2. The van der Waals surface area contributed by atoms with Gasteiger partial charge in [0.05, 0.1) is 22.5 Å². The SMILES string of the molecule is Cc1ccccc1-c1noc(CN2CCCC(C(=O)NCCSCc3ccc(Cl)c(Cl)c3)C2)n1. The summed E-state index contributed by atoms with van der Waals surface area (Å²) in [5.74, 6) is 2.96. The molecular formula is C25H28Cl2N4O2S. The first-order chi connectivity index (χ1) is 16.5. The van der Waals surface area contributed by atoms with E-state index in [2.05, 4.69) is 20.4 Å². The Hall–Kier alpha value is -2.06. The Bertz CT molecular complexity index is 1120. The topological polar surface area (TPSA) is 71.3 Å². The first-order valence-electron chi connectivity index (χ1n) is 11.4. The number of nitrogens with one attached hydrogen (secondary N) is 1. The summed E-state index contributed by atoms with van der Waals surface area (Å²) in [6.45, 7) is 4.85. The van der Waals surface area contributed by atoms with Crippen LogP contribution in [0.2, 0.25) is 10.0 Å². The number of aromatic nitrogens is 2. The lowest BCUT2D eigenvalue weighted by molar-refractivity contribution is -0.126. The minimum atomic E-state index is -0.0208. The number of thioether (sulfide) groups is 1. The molecule has 0 saturated carbocycles. The van der Waals surface area contributed by atoms with Crippen LogP contribution in [-0.4, -0.2) is 46.3 Å². The fourth-order valence-corrected chi connectivity index (χ4v) is 5.19. The molecule has 1 aliphatic rings. The van der Waals surface area contributed by atoms with Crippen LogP contribution in [-0.2, 0) is 17.1 Å². The van der Waals surface area contributed by atoms with E-state index in [4.69, 9.17) is 27.7 Å². The van der Waals surface area contributed by atoms with Crippen LogP contribution in [0.5, 0.6) is 0 Å². The van der Waals surface area contributed by atoms with Gasteiger partial charge in [0.15, 0.2) is 0 Å². The molecule has 1 atom stereocenters. The van der Waals surface area contributed by atoms with Crippen molar-refractivity contribution in [2.75, 3.05) is 25.4 Å². The van der Waals surface area contributed by atoms with Crippen molar-refractivity contribution in [2.45, 2.75) is 32.1 Å². The average Bonchev–Trinajstić information content (AvgIpc) is 3.29. The molecule has 1 N–H and O–H groups in total. The standard InChI is InChI=1S/C25H28Cl2N4O2S/c1-17-5-2-3-7-20(17)24-29-23(33-30-24)15-31-11-4-6-19(14-31)25(32)28-10-12-34-16-18-8-9-21(26)22(27)13-18/h2-3,5,7-9,13,19H,4,6,10-12,14-16H2,1H3,(H,28,32). The van der Waals surface area contributed by atoms with Gasteiger partial charge in [-0.25, -0.2) is 0 Å². The number of hydrogen-bond acceptors (Lipinski definition) is 6. The second-order valence-electron chi connectivity index (χ2n) is 8.49. The van der Waals surface area contributed by atoms with Crippen LogP contribution >= 0.6 is 35.0 Å². The summed E-state index contributed by atoms with van der Waals surface area (Å²) >= 11 is 13.8. The van der Waals surface area contributed by atoms with Gasteiger partial charge < -0.3 is 9.84 Å². The van der Waals surface area contributed by atoms with Crippen LogP contribution in [0.1, 0.15) is 29.9 Å². The second-order valence-corrected chi connectivity index (χ2v) is 10.4. The van der Waals surface area contributed by atoms with Crippen molar-refractivity contribution in [3.63, 3.8) is 0 Å². The van der Waals surface area contributed by atoms with Gasteiger partial charge in [-0.05, 0) is 49.6 Å². The maximum Gasteiger partial charge on any atom is 0.241 e. The van der Waals surface area contributed by atoms with Gasteiger partial charge in [-0.15, -0.1) is 0 Å². The van der Waals surface area contributed by atoms with Crippen molar-refractivity contribution in [3.05, 3.63) is 69.5 Å². The molecule has 0 aliphatic carbocycles. The molecular weight excluding hydrogens is 491 g/mol. The summed E-state index contributed by atoms with van der Waals surface area (Å²) in [6, 6.07) is 13.7. The molecule has 9 heteroatoms. The Morgan fingerprint density at radius 1 is 1.24 bits per heavy atom. The highest BCUT2D eigenvalue weighted by molar-refractivity contribution is 7.98. The highest BCUT2D eigenvalue weighted by Crippen LogP contribution is 2.25. The minimum Gasteiger partial charge on any atom is -0.355 e. The molecule has 180 valence electrons. The highest BCUT2D eigenvalue weighted by Gasteiger charge is 2.26. The van der Waals surface area contributed by atoms with Crippen LogP contribution in [0.15, 0.2) is 47.0 Å². The Morgan fingerprint density at radius 2 is 2.09 bits per heavy atom. The molecule has 4 rings (SSSR count). The fourth-order valence-electron chi connectivity index (χ4n) is 4.07. The van der Waals surface area contributed by atoms with E-state index in [9.17, 15) is 4.79 Å². The largest absolute Gasteiger partial charge is 0.355 e. The van der Waals surface area contributed by atoms with Gasteiger partial charge in [0, 0.05) is 30.2 Å². The number of benzene rings is 2. The monoisotopic (exact) mass is 518 g/mol. The Labute approximate surface area is 214 Å². The number of nitrogens with zero attached hydrogens (tertiary/aromatic N) is 3. The Morgan fingerprint density at radius 3 is 2.91 bits per heavy atom. The number of piperidine rings is 1. The molecule has 0 radical (unpaired) electrons. The molecule has 0 bridgehead atoms. The lowest BCUT2D eigenvalue weighted by Gasteiger charge is -2.30. The van der Waals surface area contributed by atoms with E-state index in [-0.39, 0.29) is 11.8 Å². The maximum atomic E-state index is 12.7. The third-order valence-electron chi connectivity index (χ3n) is 5.89. The van der Waals surface area contributed by atoms with Crippen molar-refractivity contribution in [2.24, 2.45) is 5.92 Å². The summed E-state index contributed by atoms with van der Waals surface area (Å²) < 4.78 is 5.49. The number of carbonyl (C=O) groups is 1. The molecule has 2 aromatic carbocycles. The summed E-state index contributed by atoms with van der Waals surface area (Å²) in [4.78, 5) is 19.5. The molecule has 6 nitrogen and oxygen atoms in total. The van der Waals surface area contributed by atoms with Crippen LogP contribution in [0, 0.1) is 12.8 Å².